The van der Waals surface area contributed by atoms with Crippen molar-refractivity contribution in [2.45, 2.75) is 13.3 Å². The fraction of sp³-hybridized carbons (Fsp3) is 0.692. The second-order valence-corrected chi connectivity index (χ2v) is 5.20. The third-order valence-electron chi connectivity index (χ3n) is 2.53. The second-order valence-electron chi connectivity index (χ2n) is 4.14. The Kier molecular flexibility index (Phi) is 12.9. The summed E-state index contributed by atoms with van der Waals surface area (Å²) in [5.74, 6) is 0.785. The molecule has 6 nitrogen and oxygen atoms in total. The van der Waals surface area contributed by atoms with E-state index in [2.05, 4.69) is 26.0 Å². The molecular weight excluding hydrogens is 403 g/mol. The van der Waals surface area contributed by atoms with Gasteiger partial charge in [0, 0.05) is 39.0 Å². The van der Waals surface area contributed by atoms with Crippen molar-refractivity contribution in [1.82, 2.24) is 15.6 Å². The van der Waals surface area contributed by atoms with Gasteiger partial charge >= 0.3 is 0 Å². The SMILES string of the molecule is CN=C(NCCOCCOC)NCCc1csc(C)n1.I. The molecule has 0 aromatic carbocycles. The molecular formula is C13H25IN4O2S. The van der Waals surface area contributed by atoms with Crippen LogP contribution >= 0.6 is 35.3 Å². The van der Waals surface area contributed by atoms with Crippen LogP contribution in [0.3, 0.4) is 0 Å². The van der Waals surface area contributed by atoms with E-state index < -0.39 is 0 Å². The maximum atomic E-state index is 5.37. The quantitative estimate of drug-likeness (QED) is 0.270. The van der Waals surface area contributed by atoms with E-state index in [1.165, 1.54) is 0 Å². The van der Waals surface area contributed by atoms with E-state index in [-0.39, 0.29) is 24.0 Å². The van der Waals surface area contributed by atoms with Gasteiger partial charge in [-0.2, -0.15) is 0 Å². The van der Waals surface area contributed by atoms with Crippen molar-refractivity contribution in [1.29, 1.82) is 0 Å². The molecule has 0 bridgehead atoms. The number of aryl methyl sites for hydroxylation is 1. The molecule has 2 N–H and O–H groups in total. The van der Waals surface area contributed by atoms with Crippen molar-refractivity contribution in [3.05, 3.63) is 16.1 Å². The monoisotopic (exact) mass is 428 g/mol. The molecule has 122 valence electrons. The summed E-state index contributed by atoms with van der Waals surface area (Å²) in [5.41, 5.74) is 1.12. The molecule has 8 heteroatoms. The summed E-state index contributed by atoms with van der Waals surface area (Å²) in [6.45, 7) is 5.43. The number of rotatable bonds is 9. The molecule has 1 aromatic rings. The number of thiazole rings is 1. The van der Waals surface area contributed by atoms with Crippen LogP contribution in [0, 0.1) is 6.92 Å². The lowest BCUT2D eigenvalue weighted by molar-refractivity contribution is 0.0733. The predicted octanol–water partition coefficient (Wildman–Crippen LogP) is 1.44. The van der Waals surface area contributed by atoms with Crippen LogP contribution in [-0.2, 0) is 15.9 Å². The molecule has 1 aromatic heterocycles. The van der Waals surface area contributed by atoms with Crippen molar-refractivity contribution >= 4 is 41.3 Å². The zero-order valence-corrected chi connectivity index (χ0v) is 16.0. The Bertz CT molecular complexity index is 401. The molecule has 0 amide bonds. The van der Waals surface area contributed by atoms with Crippen LogP contribution in [0.25, 0.3) is 0 Å². The maximum Gasteiger partial charge on any atom is 0.191 e. The normalized spacial score (nSPS) is 11.1. The van der Waals surface area contributed by atoms with Crippen LogP contribution in [0.2, 0.25) is 0 Å². The molecule has 0 radical (unpaired) electrons. The Morgan fingerprint density at radius 1 is 1.29 bits per heavy atom. The zero-order valence-electron chi connectivity index (χ0n) is 12.8. The summed E-state index contributed by atoms with van der Waals surface area (Å²) in [6, 6.07) is 0. The van der Waals surface area contributed by atoms with Crippen LogP contribution in [0.15, 0.2) is 10.4 Å². The van der Waals surface area contributed by atoms with Gasteiger partial charge in [0.15, 0.2) is 5.96 Å². The molecule has 1 rings (SSSR count). The van der Waals surface area contributed by atoms with Gasteiger partial charge in [-0.05, 0) is 6.92 Å². The van der Waals surface area contributed by atoms with E-state index in [0.717, 1.165) is 36.2 Å². The highest BCUT2D eigenvalue weighted by Gasteiger charge is 2.00. The summed E-state index contributed by atoms with van der Waals surface area (Å²) in [5, 5.41) is 9.65. The topological polar surface area (TPSA) is 67.8 Å². The third-order valence-corrected chi connectivity index (χ3v) is 3.36. The summed E-state index contributed by atoms with van der Waals surface area (Å²) < 4.78 is 10.3. The van der Waals surface area contributed by atoms with Gasteiger partial charge in [0.1, 0.15) is 0 Å². The highest BCUT2D eigenvalue weighted by atomic mass is 127. The van der Waals surface area contributed by atoms with E-state index in [1.54, 1.807) is 25.5 Å². The lowest BCUT2D eigenvalue weighted by Crippen LogP contribution is -2.39. The molecule has 21 heavy (non-hydrogen) atoms. The van der Waals surface area contributed by atoms with Crippen LogP contribution in [0.5, 0.6) is 0 Å². The highest BCUT2D eigenvalue weighted by molar-refractivity contribution is 14.0. The van der Waals surface area contributed by atoms with Crippen molar-refractivity contribution in [3.8, 4) is 0 Å². The zero-order chi connectivity index (χ0) is 14.6. The fourth-order valence-electron chi connectivity index (χ4n) is 1.54. The molecule has 0 aliphatic carbocycles. The average Bonchev–Trinajstić information content (AvgIpc) is 2.86. The maximum absolute atomic E-state index is 5.37. The molecule has 0 aliphatic heterocycles. The molecule has 0 fully saturated rings. The Morgan fingerprint density at radius 2 is 2.05 bits per heavy atom. The van der Waals surface area contributed by atoms with Gasteiger partial charge < -0.3 is 20.1 Å². The Balaban J connectivity index is 0.00000400. The van der Waals surface area contributed by atoms with Crippen molar-refractivity contribution in [2.24, 2.45) is 4.99 Å². The van der Waals surface area contributed by atoms with Crippen LogP contribution in [0.4, 0.5) is 0 Å². The van der Waals surface area contributed by atoms with Gasteiger partial charge in [-0.15, -0.1) is 35.3 Å². The van der Waals surface area contributed by atoms with Gasteiger partial charge in [-0.1, -0.05) is 0 Å². The van der Waals surface area contributed by atoms with E-state index in [1.807, 2.05) is 6.92 Å². The number of hydrogen-bond donors (Lipinski definition) is 2. The predicted molar refractivity (Wildman–Crippen MR) is 98.0 cm³/mol. The number of halogens is 1. The van der Waals surface area contributed by atoms with Gasteiger partial charge in [0.25, 0.3) is 0 Å². The third kappa shape index (κ3) is 9.99. The average molecular weight is 428 g/mol. The fourth-order valence-corrected chi connectivity index (χ4v) is 2.19. The first kappa shape index (κ1) is 20.6. The summed E-state index contributed by atoms with van der Waals surface area (Å²) in [4.78, 5) is 8.58. The number of aliphatic imine (C=N–C) groups is 1. The van der Waals surface area contributed by atoms with E-state index >= 15 is 0 Å². The first-order valence-electron chi connectivity index (χ1n) is 6.68. The van der Waals surface area contributed by atoms with E-state index in [9.17, 15) is 0 Å². The minimum atomic E-state index is 0. The largest absolute Gasteiger partial charge is 0.382 e. The number of ether oxygens (including phenoxy) is 2. The van der Waals surface area contributed by atoms with E-state index in [4.69, 9.17) is 9.47 Å². The lowest BCUT2D eigenvalue weighted by atomic mass is 10.3. The Morgan fingerprint density at radius 3 is 2.67 bits per heavy atom. The Labute approximate surface area is 147 Å². The molecule has 0 spiro atoms. The first-order valence-corrected chi connectivity index (χ1v) is 7.56. The minimum absolute atomic E-state index is 0. The molecule has 0 aliphatic rings. The van der Waals surface area contributed by atoms with Gasteiger partial charge in [0.05, 0.1) is 30.5 Å². The van der Waals surface area contributed by atoms with Gasteiger partial charge in [-0.3, -0.25) is 4.99 Å². The van der Waals surface area contributed by atoms with Crippen molar-refractivity contribution in [3.63, 3.8) is 0 Å². The number of aromatic nitrogens is 1. The molecule has 0 saturated carbocycles. The summed E-state index contributed by atoms with van der Waals surface area (Å²) in [6.07, 6.45) is 0.898. The molecule has 0 atom stereocenters. The number of guanidine groups is 1. The number of methoxy groups -OCH3 is 1. The smallest absolute Gasteiger partial charge is 0.191 e. The minimum Gasteiger partial charge on any atom is -0.382 e. The first-order chi connectivity index (χ1) is 9.76. The van der Waals surface area contributed by atoms with Crippen LogP contribution in [0.1, 0.15) is 10.7 Å². The second kappa shape index (κ2) is 13.2. The molecule has 0 unspecified atom stereocenters. The highest BCUT2D eigenvalue weighted by Crippen LogP contribution is 2.07. The van der Waals surface area contributed by atoms with Crippen LogP contribution in [-0.4, -0.2) is 58.0 Å². The Hall–Kier alpha value is -0.450. The van der Waals surface area contributed by atoms with Gasteiger partial charge in [-0.25, -0.2) is 4.98 Å². The lowest BCUT2D eigenvalue weighted by Gasteiger charge is -2.11. The standard InChI is InChI=1S/C13H24N4O2S.HI/c1-11-17-12(10-20-11)4-5-15-13(14-2)16-6-7-19-9-8-18-3;/h10H,4-9H2,1-3H3,(H2,14,15,16);1H. The number of nitrogens with one attached hydrogen (secondary N) is 2. The van der Waals surface area contributed by atoms with Crippen molar-refractivity contribution in [2.75, 3.05) is 47.1 Å². The van der Waals surface area contributed by atoms with Crippen LogP contribution < -0.4 is 10.6 Å². The van der Waals surface area contributed by atoms with E-state index in [0.29, 0.717) is 19.8 Å². The summed E-state index contributed by atoms with van der Waals surface area (Å²) in [7, 11) is 3.42. The summed E-state index contributed by atoms with van der Waals surface area (Å²) >= 11 is 1.68. The van der Waals surface area contributed by atoms with Gasteiger partial charge in [0.2, 0.25) is 0 Å². The molecule has 0 saturated heterocycles. The van der Waals surface area contributed by atoms with Crippen molar-refractivity contribution < 1.29 is 9.47 Å². The number of hydrogen-bond acceptors (Lipinski definition) is 5. The molecule has 1 heterocycles. The number of nitrogens with zero attached hydrogens (tertiary/aromatic N) is 2.